The van der Waals surface area contributed by atoms with Crippen molar-refractivity contribution in [1.82, 2.24) is 0 Å². The number of nitrogens with zero attached hydrogens (tertiary/aromatic N) is 2. The molecule has 0 saturated carbocycles. The summed E-state index contributed by atoms with van der Waals surface area (Å²) in [5.41, 5.74) is 0. The summed E-state index contributed by atoms with van der Waals surface area (Å²) in [4.78, 5) is 3.46. The molecule has 1 aromatic heterocycles. The maximum Gasteiger partial charge on any atom is 0.268 e. The molecule has 0 fully saturated rings. The average molecular weight is 164 g/mol. The van der Waals surface area contributed by atoms with Gasteiger partial charge in [-0.2, -0.15) is 5.26 Å². The number of hydrogen-bond acceptors (Lipinski definition) is 4. The van der Waals surface area contributed by atoms with E-state index in [1.54, 1.807) is 18.3 Å². The molecule has 0 N–H and O–H groups in total. The van der Waals surface area contributed by atoms with Gasteiger partial charge < -0.3 is 9.15 Å². The van der Waals surface area contributed by atoms with Gasteiger partial charge in [0.25, 0.3) is 5.90 Å². The molecule has 0 bridgehead atoms. The maximum atomic E-state index is 8.30. The number of ether oxygens (including phenoxy) is 1. The summed E-state index contributed by atoms with van der Waals surface area (Å²) in [5.74, 6) is 0.698. The number of furan rings is 1. The minimum Gasteiger partial charge on any atom is -0.475 e. The summed E-state index contributed by atoms with van der Waals surface area (Å²) < 4.78 is 10.1. The van der Waals surface area contributed by atoms with Crippen LogP contribution in [-0.4, -0.2) is 12.5 Å². The van der Waals surface area contributed by atoms with E-state index in [4.69, 9.17) is 14.4 Å². The van der Waals surface area contributed by atoms with Crippen molar-refractivity contribution in [3.8, 4) is 6.19 Å². The van der Waals surface area contributed by atoms with Crippen LogP contribution in [0.1, 0.15) is 12.7 Å². The first-order valence-electron chi connectivity index (χ1n) is 3.52. The fraction of sp³-hybridized carbons (Fsp3) is 0.250. The Morgan fingerprint density at radius 1 is 1.83 bits per heavy atom. The zero-order chi connectivity index (χ0) is 8.81. The van der Waals surface area contributed by atoms with E-state index >= 15 is 0 Å². The summed E-state index contributed by atoms with van der Waals surface area (Å²) >= 11 is 0. The molecule has 4 nitrogen and oxygen atoms in total. The summed E-state index contributed by atoms with van der Waals surface area (Å²) in [5, 5.41) is 8.30. The van der Waals surface area contributed by atoms with Gasteiger partial charge >= 0.3 is 0 Å². The lowest BCUT2D eigenvalue weighted by Gasteiger charge is -2.00. The van der Waals surface area contributed by atoms with Crippen molar-refractivity contribution in [2.24, 2.45) is 4.99 Å². The largest absolute Gasteiger partial charge is 0.475 e. The van der Waals surface area contributed by atoms with Gasteiger partial charge in [0.15, 0.2) is 5.76 Å². The Kier molecular flexibility index (Phi) is 2.91. The van der Waals surface area contributed by atoms with Crippen molar-refractivity contribution >= 4 is 5.90 Å². The topological polar surface area (TPSA) is 58.5 Å². The number of rotatable bonds is 2. The molecule has 0 amide bonds. The van der Waals surface area contributed by atoms with E-state index in [-0.39, 0.29) is 5.90 Å². The quantitative estimate of drug-likeness (QED) is 0.378. The summed E-state index contributed by atoms with van der Waals surface area (Å²) in [6, 6.07) is 3.40. The molecule has 62 valence electrons. The van der Waals surface area contributed by atoms with Crippen LogP contribution in [0.4, 0.5) is 0 Å². The van der Waals surface area contributed by atoms with Gasteiger partial charge in [-0.1, -0.05) is 0 Å². The molecule has 0 aliphatic rings. The zero-order valence-corrected chi connectivity index (χ0v) is 6.65. The molecular formula is C8H8N2O2. The van der Waals surface area contributed by atoms with Gasteiger partial charge in [0.05, 0.1) is 12.9 Å². The van der Waals surface area contributed by atoms with Crippen molar-refractivity contribution < 1.29 is 9.15 Å². The Bertz CT molecular complexity index is 295. The lowest BCUT2D eigenvalue weighted by Crippen LogP contribution is -2.04. The Balaban J connectivity index is 2.82. The maximum absolute atomic E-state index is 8.30. The van der Waals surface area contributed by atoms with Gasteiger partial charge in [0.1, 0.15) is 0 Å². The van der Waals surface area contributed by atoms with Crippen LogP contribution in [0.5, 0.6) is 0 Å². The number of aliphatic imine (C=N–C) groups is 1. The first-order chi connectivity index (χ1) is 5.88. The molecule has 0 aliphatic heterocycles. The van der Waals surface area contributed by atoms with Crippen LogP contribution in [0.15, 0.2) is 27.8 Å². The van der Waals surface area contributed by atoms with Crippen LogP contribution in [-0.2, 0) is 4.74 Å². The molecule has 4 heteroatoms. The fourth-order valence-electron chi connectivity index (χ4n) is 0.741. The van der Waals surface area contributed by atoms with Crippen molar-refractivity contribution in [3.05, 3.63) is 24.2 Å². The predicted molar refractivity (Wildman–Crippen MR) is 42.5 cm³/mol. The normalized spacial score (nSPS) is 10.8. The highest BCUT2D eigenvalue weighted by Crippen LogP contribution is 2.03. The molecule has 0 atom stereocenters. The van der Waals surface area contributed by atoms with Crippen molar-refractivity contribution in [3.63, 3.8) is 0 Å². The molecule has 12 heavy (non-hydrogen) atoms. The van der Waals surface area contributed by atoms with E-state index in [9.17, 15) is 0 Å². The first-order valence-corrected chi connectivity index (χ1v) is 3.52. The van der Waals surface area contributed by atoms with Crippen LogP contribution in [0.3, 0.4) is 0 Å². The molecule has 0 aliphatic carbocycles. The van der Waals surface area contributed by atoms with Gasteiger partial charge in [-0.25, -0.2) is 0 Å². The third kappa shape index (κ3) is 1.86. The predicted octanol–water partition coefficient (Wildman–Crippen LogP) is 1.54. The minimum atomic E-state index is 0.227. The minimum absolute atomic E-state index is 0.227. The van der Waals surface area contributed by atoms with E-state index < -0.39 is 0 Å². The van der Waals surface area contributed by atoms with E-state index in [1.165, 1.54) is 6.26 Å². The molecule has 0 radical (unpaired) electrons. The number of nitriles is 1. The van der Waals surface area contributed by atoms with Crippen molar-refractivity contribution in [1.29, 1.82) is 5.26 Å². The summed E-state index contributed by atoms with van der Waals surface area (Å²) in [7, 11) is 0. The zero-order valence-electron chi connectivity index (χ0n) is 6.65. The van der Waals surface area contributed by atoms with Crippen LogP contribution in [0.2, 0.25) is 0 Å². The third-order valence-electron chi connectivity index (χ3n) is 1.16. The lowest BCUT2D eigenvalue weighted by atomic mass is 10.4. The Labute approximate surface area is 70.1 Å². The van der Waals surface area contributed by atoms with Crippen molar-refractivity contribution in [2.45, 2.75) is 6.92 Å². The molecule has 0 aromatic carbocycles. The Morgan fingerprint density at radius 3 is 3.17 bits per heavy atom. The fourth-order valence-corrected chi connectivity index (χ4v) is 0.741. The molecule has 1 heterocycles. The smallest absolute Gasteiger partial charge is 0.268 e. The van der Waals surface area contributed by atoms with Gasteiger partial charge in [0, 0.05) is 0 Å². The third-order valence-corrected chi connectivity index (χ3v) is 1.16. The Morgan fingerprint density at radius 2 is 2.67 bits per heavy atom. The second-order valence-corrected chi connectivity index (χ2v) is 1.93. The van der Waals surface area contributed by atoms with Gasteiger partial charge in [-0.15, -0.1) is 4.99 Å². The van der Waals surface area contributed by atoms with Crippen LogP contribution < -0.4 is 0 Å². The molecule has 1 rings (SSSR count). The van der Waals surface area contributed by atoms with Crippen LogP contribution >= 0.6 is 0 Å². The van der Waals surface area contributed by atoms with Gasteiger partial charge in [-0.05, 0) is 19.1 Å². The molecule has 1 aromatic rings. The van der Waals surface area contributed by atoms with Crippen LogP contribution in [0.25, 0.3) is 0 Å². The SMILES string of the molecule is CCO/C(=N/C#N)c1ccco1. The second kappa shape index (κ2) is 4.19. The lowest BCUT2D eigenvalue weighted by molar-refractivity contribution is 0.319. The van der Waals surface area contributed by atoms with E-state index in [2.05, 4.69) is 4.99 Å². The standard InChI is InChI=1S/C8H8N2O2/c1-2-11-8(10-6-9)7-4-3-5-12-7/h3-5H,2H2,1H3/b10-8+. The highest BCUT2D eigenvalue weighted by atomic mass is 16.5. The van der Waals surface area contributed by atoms with Gasteiger partial charge in [0.2, 0.25) is 6.19 Å². The molecule has 0 spiro atoms. The average Bonchev–Trinajstić information content (AvgIpc) is 2.56. The van der Waals surface area contributed by atoms with E-state index in [1.807, 2.05) is 6.92 Å². The highest BCUT2D eigenvalue weighted by molar-refractivity contribution is 5.91. The van der Waals surface area contributed by atoms with E-state index in [0.29, 0.717) is 12.4 Å². The summed E-state index contributed by atoms with van der Waals surface area (Å²) in [6.45, 7) is 2.27. The second-order valence-electron chi connectivity index (χ2n) is 1.93. The van der Waals surface area contributed by atoms with E-state index in [0.717, 1.165) is 0 Å². The van der Waals surface area contributed by atoms with Crippen molar-refractivity contribution in [2.75, 3.05) is 6.61 Å². The first kappa shape index (κ1) is 8.34. The molecule has 0 unspecified atom stereocenters. The number of hydrogen-bond donors (Lipinski definition) is 0. The highest BCUT2D eigenvalue weighted by Gasteiger charge is 2.06. The monoisotopic (exact) mass is 164 g/mol. The van der Waals surface area contributed by atoms with Crippen LogP contribution in [0, 0.1) is 11.5 Å². The molecule has 0 saturated heterocycles. The Hall–Kier alpha value is -1.76. The summed E-state index contributed by atoms with van der Waals surface area (Å²) in [6.07, 6.45) is 3.15. The molecular weight excluding hydrogens is 156 g/mol. The van der Waals surface area contributed by atoms with Gasteiger partial charge in [-0.3, -0.25) is 0 Å².